The van der Waals surface area contributed by atoms with Crippen LogP contribution in [0.15, 0.2) is 36.4 Å². The van der Waals surface area contributed by atoms with Crippen LogP contribution in [0.3, 0.4) is 0 Å². The van der Waals surface area contributed by atoms with Crippen LogP contribution in [0.1, 0.15) is 11.4 Å². The molecule has 0 aliphatic heterocycles. The largest absolute Gasteiger partial charge is 0.399 e. The minimum atomic E-state index is 0.771. The number of pyridine rings is 1. The number of hydrogen-bond donors (Lipinski definition) is 2. The summed E-state index contributed by atoms with van der Waals surface area (Å²) >= 11 is 0. The predicted molar refractivity (Wildman–Crippen MR) is 67.8 cm³/mol. The molecule has 3 nitrogen and oxygen atoms in total. The van der Waals surface area contributed by atoms with Gasteiger partial charge < -0.3 is 11.1 Å². The van der Waals surface area contributed by atoms with Crippen LogP contribution in [0.2, 0.25) is 0 Å². The first kappa shape index (κ1) is 10.5. The number of aromatic nitrogens is 1. The average Bonchev–Trinajstić information content (AvgIpc) is 2.20. The van der Waals surface area contributed by atoms with Gasteiger partial charge in [-0.15, -0.1) is 0 Å². The van der Waals surface area contributed by atoms with E-state index in [9.17, 15) is 0 Å². The van der Waals surface area contributed by atoms with E-state index < -0.39 is 0 Å². The molecule has 2 aromatic rings. The van der Waals surface area contributed by atoms with Crippen LogP contribution in [-0.2, 0) is 0 Å². The van der Waals surface area contributed by atoms with Crippen molar-refractivity contribution in [3.8, 4) is 0 Å². The van der Waals surface area contributed by atoms with E-state index in [0.29, 0.717) is 0 Å². The van der Waals surface area contributed by atoms with Crippen LogP contribution in [0.25, 0.3) is 0 Å². The highest BCUT2D eigenvalue weighted by Crippen LogP contribution is 2.18. The van der Waals surface area contributed by atoms with Crippen LogP contribution in [0.5, 0.6) is 0 Å². The maximum atomic E-state index is 5.63. The Labute approximate surface area is 95.3 Å². The maximum Gasteiger partial charge on any atom is 0.0420 e. The predicted octanol–water partition coefficient (Wildman–Crippen LogP) is 3.02. The average molecular weight is 213 g/mol. The van der Waals surface area contributed by atoms with Crippen molar-refractivity contribution in [3.63, 3.8) is 0 Å². The van der Waals surface area contributed by atoms with E-state index in [1.54, 1.807) is 0 Å². The van der Waals surface area contributed by atoms with Crippen molar-refractivity contribution in [3.05, 3.63) is 47.8 Å². The molecule has 0 atom stereocenters. The molecule has 82 valence electrons. The second-order valence-electron chi connectivity index (χ2n) is 3.89. The molecule has 0 amide bonds. The van der Waals surface area contributed by atoms with Gasteiger partial charge in [0.1, 0.15) is 0 Å². The number of benzene rings is 1. The van der Waals surface area contributed by atoms with Crippen molar-refractivity contribution in [1.82, 2.24) is 4.98 Å². The number of nitrogens with zero attached hydrogens (tertiary/aromatic N) is 1. The molecule has 2 rings (SSSR count). The molecule has 0 fully saturated rings. The van der Waals surface area contributed by atoms with Gasteiger partial charge in [-0.25, -0.2) is 0 Å². The third kappa shape index (κ3) is 2.51. The van der Waals surface area contributed by atoms with Crippen LogP contribution < -0.4 is 11.1 Å². The second-order valence-corrected chi connectivity index (χ2v) is 3.89. The molecule has 0 unspecified atom stereocenters. The summed E-state index contributed by atoms with van der Waals surface area (Å²) in [6.45, 7) is 3.97. The van der Waals surface area contributed by atoms with Crippen LogP contribution in [0, 0.1) is 13.8 Å². The Hall–Kier alpha value is -2.03. The van der Waals surface area contributed by atoms with E-state index in [0.717, 1.165) is 28.5 Å². The summed E-state index contributed by atoms with van der Waals surface area (Å²) < 4.78 is 0. The van der Waals surface area contributed by atoms with E-state index in [-0.39, 0.29) is 0 Å². The van der Waals surface area contributed by atoms with E-state index in [2.05, 4.69) is 10.3 Å². The van der Waals surface area contributed by atoms with E-state index >= 15 is 0 Å². The molecule has 1 heterocycles. The van der Waals surface area contributed by atoms with Crippen molar-refractivity contribution in [2.45, 2.75) is 13.8 Å². The minimum Gasteiger partial charge on any atom is -0.399 e. The zero-order valence-corrected chi connectivity index (χ0v) is 9.49. The lowest BCUT2D eigenvalue weighted by atomic mass is 10.2. The molecule has 0 saturated carbocycles. The van der Waals surface area contributed by atoms with Crippen molar-refractivity contribution in [2.24, 2.45) is 0 Å². The first-order valence-corrected chi connectivity index (χ1v) is 5.21. The quantitative estimate of drug-likeness (QED) is 0.754. The smallest absolute Gasteiger partial charge is 0.0420 e. The van der Waals surface area contributed by atoms with Gasteiger partial charge in [-0.2, -0.15) is 0 Å². The molecule has 0 aliphatic carbocycles. The Kier molecular flexibility index (Phi) is 2.77. The third-order valence-corrected chi connectivity index (χ3v) is 2.28. The highest BCUT2D eigenvalue weighted by atomic mass is 14.9. The van der Waals surface area contributed by atoms with Crippen molar-refractivity contribution in [2.75, 3.05) is 11.1 Å². The molecule has 0 radical (unpaired) electrons. The molecule has 1 aromatic heterocycles. The van der Waals surface area contributed by atoms with Crippen LogP contribution in [-0.4, -0.2) is 4.98 Å². The van der Waals surface area contributed by atoms with Gasteiger partial charge in [0.2, 0.25) is 0 Å². The molecule has 0 spiro atoms. The van der Waals surface area contributed by atoms with Gasteiger partial charge >= 0.3 is 0 Å². The Bertz CT molecular complexity index is 469. The molecule has 0 aliphatic rings. The first-order valence-electron chi connectivity index (χ1n) is 5.21. The zero-order chi connectivity index (χ0) is 11.5. The molecule has 0 bridgehead atoms. The number of aryl methyl sites for hydroxylation is 2. The van der Waals surface area contributed by atoms with Crippen molar-refractivity contribution in [1.29, 1.82) is 0 Å². The monoisotopic (exact) mass is 213 g/mol. The topological polar surface area (TPSA) is 50.9 Å². The summed E-state index contributed by atoms with van der Waals surface area (Å²) in [5, 5.41) is 3.32. The van der Waals surface area contributed by atoms with Gasteiger partial charge in [0.05, 0.1) is 0 Å². The lowest BCUT2D eigenvalue weighted by Gasteiger charge is -2.08. The van der Waals surface area contributed by atoms with Gasteiger partial charge in [-0.3, -0.25) is 4.98 Å². The number of anilines is 3. The molecule has 16 heavy (non-hydrogen) atoms. The molecule has 1 aromatic carbocycles. The summed E-state index contributed by atoms with van der Waals surface area (Å²) in [6.07, 6.45) is 0. The second kappa shape index (κ2) is 4.23. The van der Waals surface area contributed by atoms with Crippen molar-refractivity contribution < 1.29 is 0 Å². The lowest BCUT2D eigenvalue weighted by Crippen LogP contribution is -1.94. The minimum absolute atomic E-state index is 0.771. The summed E-state index contributed by atoms with van der Waals surface area (Å²) in [5.41, 5.74) is 10.5. The molecule has 3 N–H and O–H groups in total. The standard InChI is InChI=1S/C13H15N3/c1-9-7-13(8-10(2)15-9)16-12-5-3-11(14)4-6-12/h3-8H,14H2,1-2H3,(H,15,16). The SMILES string of the molecule is Cc1cc(Nc2ccc(N)cc2)cc(C)n1. The Morgan fingerprint density at radius 3 is 2.06 bits per heavy atom. The van der Waals surface area contributed by atoms with Gasteiger partial charge in [0, 0.05) is 28.5 Å². The Morgan fingerprint density at radius 2 is 1.50 bits per heavy atom. The summed E-state index contributed by atoms with van der Waals surface area (Å²) in [6, 6.07) is 11.7. The lowest BCUT2D eigenvalue weighted by molar-refractivity contribution is 1.12. The van der Waals surface area contributed by atoms with Crippen LogP contribution >= 0.6 is 0 Å². The normalized spacial score (nSPS) is 10.1. The third-order valence-electron chi connectivity index (χ3n) is 2.28. The van der Waals surface area contributed by atoms with Gasteiger partial charge in [0.25, 0.3) is 0 Å². The summed E-state index contributed by atoms with van der Waals surface area (Å²) in [7, 11) is 0. The molecule has 3 heteroatoms. The summed E-state index contributed by atoms with van der Waals surface area (Å²) in [5.74, 6) is 0. The fraction of sp³-hybridized carbons (Fsp3) is 0.154. The van der Waals surface area contributed by atoms with Crippen molar-refractivity contribution >= 4 is 17.1 Å². The summed E-state index contributed by atoms with van der Waals surface area (Å²) in [4.78, 5) is 4.33. The Balaban J connectivity index is 2.23. The number of hydrogen-bond acceptors (Lipinski definition) is 3. The molecular formula is C13H15N3. The fourth-order valence-corrected chi connectivity index (χ4v) is 1.64. The zero-order valence-electron chi connectivity index (χ0n) is 9.49. The number of nitrogens with one attached hydrogen (secondary N) is 1. The van der Waals surface area contributed by atoms with Gasteiger partial charge in [0.15, 0.2) is 0 Å². The first-order chi connectivity index (χ1) is 7.63. The fourth-order valence-electron chi connectivity index (χ4n) is 1.64. The highest BCUT2D eigenvalue weighted by Gasteiger charge is 1.97. The van der Waals surface area contributed by atoms with Gasteiger partial charge in [-0.1, -0.05) is 0 Å². The van der Waals surface area contributed by atoms with Crippen LogP contribution in [0.4, 0.5) is 17.1 Å². The van der Waals surface area contributed by atoms with E-state index in [1.807, 2.05) is 50.2 Å². The number of nitrogen functional groups attached to an aromatic ring is 1. The molecular weight excluding hydrogens is 198 g/mol. The maximum absolute atomic E-state index is 5.63. The van der Waals surface area contributed by atoms with Gasteiger partial charge in [-0.05, 0) is 50.2 Å². The number of rotatable bonds is 2. The van der Waals surface area contributed by atoms with E-state index in [4.69, 9.17) is 5.73 Å². The number of nitrogens with two attached hydrogens (primary N) is 1. The molecule has 0 saturated heterocycles. The highest BCUT2D eigenvalue weighted by molar-refractivity contribution is 5.62. The van der Waals surface area contributed by atoms with E-state index in [1.165, 1.54) is 0 Å². The Morgan fingerprint density at radius 1 is 0.938 bits per heavy atom.